The summed E-state index contributed by atoms with van der Waals surface area (Å²) in [4.78, 5) is -3.12. The first-order valence-electron chi connectivity index (χ1n) is 5.06. The zero-order chi connectivity index (χ0) is 19.8. The van der Waals surface area contributed by atoms with Crippen LogP contribution in [0.5, 0.6) is 0 Å². The molecule has 146 valence electrons. The molecule has 1 aromatic rings. The standard InChI is InChI=1S/C8F12S5/c9-5(10,11)22-1-2(23-6(12,13)14)4(25-8(18,19)20)21-3(1)24-7(15,16)17. The van der Waals surface area contributed by atoms with Crippen LogP contribution in [0.3, 0.4) is 0 Å². The number of hydrogen-bond donors (Lipinski definition) is 0. The molecule has 0 aliphatic rings. The number of thioether (sulfide) groups is 4. The van der Waals surface area contributed by atoms with E-state index in [2.05, 4.69) is 0 Å². The number of halogens is 12. The molecule has 0 spiro atoms. The van der Waals surface area contributed by atoms with Gasteiger partial charge in [-0.15, -0.1) is 11.3 Å². The highest BCUT2D eigenvalue weighted by molar-refractivity contribution is 8.07. The van der Waals surface area contributed by atoms with Crippen molar-refractivity contribution in [2.75, 3.05) is 0 Å². The molecule has 0 radical (unpaired) electrons. The maximum absolute atomic E-state index is 12.5. The quantitative estimate of drug-likeness (QED) is 0.312. The second-order valence-electron chi connectivity index (χ2n) is 3.53. The van der Waals surface area contributed by atoms with Crippen molar-refractivity contribution in [1.29, 1.82) is 0 Å². The van der Waals surface area contributed by atoms with Gasteiger partial charge in [-0.3, -0.25) is 0 Å². The summed E-state index contributed by atoms with van der Waals surface area (Å²) >= 11 is -5.51. The Hall–Kier alpha value is 0.260. The van der Waals surface area contributed by atoms with Gasteiger partial charge in [0.2, 0.25) is 0 Å². The highest BCUT2D eigenvalue weighted by Crippen LogP contribution is 2.60. The summed E-state index contributed by atoms with van der Waals surface area (Å²) in [5, 5.41) is 0. The van der Waals surface area contributed by atoms with Crippen molar-refractivity contribution in [2.45, 2.75) is 40.2 Å². The summed E-state index contributed by atoms with van der Waals surface area (Å²) in [7, 11) is 0. The van der Waals surface area contributed by atoms with Crippen LogP contribution in [0.2, 0.25) is 0 Å². The second-order valence-corrected chi connectivity index (χ2v) is 9.37. The Morgan fingerprint density at radius 2 is 0.680 bits per heavy atom. The van der Waals surface area contributed by atoms with Gasteiger partial charge >= 0.3 is 22.0 Å². The third kappa shape index (κ3) is 9.14. The van der Waals surface area contributed by atoms with Crippen LogP contribution in [0.25, 0.3) is 0 Å². The summed E-state index contributed by atoms with van der Waals surface area (Å²) in [5.74, 6) is 0. The van der Waals surface area contributed by atoms with Crippen molar-refractivity contribution >= 4 is 58.4 Å². The maximum atomic E-state index is 12.5. The topological polar surface area (TPSA) is 0 Å². The lowest BCUT2D eigenvalue weighted by atomic mass is 10.6. The van der Waals surface area contributed by atoms with Crippen molar-refractivity contribution < 1.29 is 52.7 Å². The van der Waals surface area contributed by atoms with Crippen LogP contribution in [-0.2, 0) is 0 Å². The van der Waals surface area contributed by atoms with E-state index in [0.29, 0.717) is 0 Å². The maximum Gasteiger partial charge on any atom is 0.447 e. The third-order valence-corrected chi connectivity index (χ3v) is 6.97. The van der Waals surface area contributed by atoms with E-state index in [1.807, 2.05) is 0 Å². The smallest absolute Gasteiger partial charge is 0.160 e. The van der Waals surface area contributed by atoms with Crippen LogP contribution in [0.1, 0.15) is 0 Å². The first-order valence-corrected chi connectivity index (χ1v) is 9.14. The Balaban J connectivity index is 3.52. The fourth-order valence-electron chi connectivity index (χ4n) is 1.11. The van der Waals surface area contributed by atoms with E-state index in [-0.39, 0.29) is 0 Å². The Kier molecular flexibility index (Phi) is 7.19. The predicted molar refractivity (Wildman–Crippen MR) is 72.0 cm³/mol. The first-order chi connectivity index (χ1) is 10.9. The van der Waals surface area contributed by atoms with Gasteiger partial charge in [-0.25, -0.2) is 0 Å². The van der Waals surface area contributed by atoms with Gasteiger partial charge in [0.05, 0.1) is 18.2 Å². The van der Waals surface area contributed by atoms with E-state index in [1.54, 1.807) is 0 Å². The Morgan fingerprint density at radius 3 is 0.880 bits per heavy atom. The van der Waals surface area contributed by atoms with E-state index >= 15 is 0 Å². The average Bonchev–Trinajstić information content (AvgIpc) is 2.49. The Bertz CT molecular complexity index is 540. The van der Waals surface area contributed by atoms with Gasteiger partial charge < -0.3 is 0 Å². The van der Waals surface area contributed by atoms with Gasteiger partial charge in [0.1, 0.15) is 0 Å². The van der Waals surface area contributed by atoms with Crippen LogP contribution in [0, 0.1) is 0 Å². The van der Waals surface area contributed by atoms with Crippen molar-refractivity contribution in [3.8, 4) is 0 Å². The molecule has 0 unspecified atom stereocenters. The number of rotatable bonds is 4. The molecule has 0 atom stereocenters. The Labute approximate surface area is 151 Å². The molecule has 0 bridgehead atoms. The minimum absolute atomic E-state index is 0.434. The third-order valence-electron chi connectivity index (χ3n) is 1.61. The van der Waals surface area contributed by atoms with Crippen LogP contribution in [0.4, 0.5) is 52.7 Å². The molecule has 0 aliphatic heterocycles. The number of alkyl halides is 12. The van der Waals surface area contributed by atoms with Gasteiger partial charge in [0.25, 0.3) is 0 Å². The van der Waals surface area contributed by atoms with E-state index in [9.17, 15) is 52.7 Å². The molecule has 0 saturated carbocycles. The monoisotopic (exact) mass is 484 g/mol. The van der Waals surface area contributed by atoms with Crippen LogP contribution in [0.15, 0.2) is 18.2 Å². The van der Waals surface area contributed by atoms with Crippen LogP contribution in [-0.4, -0.2) is 22.0 Å². The van der Waals surface area contributed by atoms with Gasteiger partial charge in [0.15, 0.2) is 0 Å². The van der Waals surface area contributed by atoms with Crippen molar-refractivity contribution in [3.05, 3.63) is 0 Å². The molecule has 1 heterocycles. The van der Waals surface area contributed by atoms with Crippen molar-refractivity contribution in [2.24, 2.45) is 0 Å². The van der Waals surface area contributed by atoms with E-state index in [0.717, 1.165) is 0 Å². The van der Waals surface area contributed by atoms with Gasteiger partial charge in [-0.05, 0) is 47.0 Å². The molecule has 0 amide bonds. The van der Waals surface area contributed by atoms with Gasteiger partial charge in [-0.2, -0.15) is 52.7 Å². The summed E-state index contributed by atoms with van der Waals surface area (Å²) < 4.78 is 146. The van der Waals surface area contributed by atoms with E-state index in [4.69, 9.17) is 0 Å². The molecule has 0 saturated heterocycles. The summed E-state index contributed by atoms with van der Waals surface area (Å²) in [6, 6.07) is 0. The Morgan fingerprint density at radius 1 is 0.440 bits per heavy atom. The molecule has 0 fully saturated rings. The molecular weight excluding hydrogens is 484 g/mol. The zero-order valence-corrected chi connectivity index (χ0v) is 14.7. The molecule has 25 heavy (non-hydrogen) atoms. The predicted octanol–water partition coefficient (Wildman–Crippen LogP) is 8.20. The minimum atomic E-state index is -5.30. The lowest BCUT2D eigenvalue weighted by molar-refractivity contribution is -0.0354. The summed E-state index contributed by atoms with van der Waals surface area (Å²) in [6.07, 6.45) is 0. The fourth-order valence-corrected chi connectivity index (χ4v) is 6.57. The van der Waals surface area contributed by atoms with Crippen molar-refractivity contribution in [3.63, 3.8) is 0 Å². The molecule has 0 nitrogen and oxygen atoms in total. The van der Waals surface area contributed by atoms with Gasteiger partial charge in [0, 0.05) is 0 Å². The fraction of sp³-hybridized carbons (Fsp3) is 0.500. The second kappa shape index (κ2) is 7.71. The molecule has 0 aliphatic carbocycles. The minimum Gasteiger partial charge on any atom is -0.160 e. The zero-order valence-electron chi connectivity index (χ0n) is 10.6. The molecule has 1 rings (SSSR count). The van der Waals surface area contributed by atoms with Gasteiger partial charge in [-0.1, -0.05) is 0 Å². The lowest BCUT2D eigenvalue weighted by Gasteiger charge is -2.12. The highest BCUT2D eigenvalue weighted by atomic mass is 32.2. The van der Waals surface area contributed by atoms with E-state index in [1.165, 1.54) is 0 Å². The number of thiophene rings is 1. The molecule has 0 aromatic carbocycles. The number of hydrogen-bond acceptors (Lipinski definition) is 5. The molecular formula is C8F12S5. The largest absolute Gasteiger partial charge is 0.447 e. The van der Waals surface area contributed by atoms with Crippen LogP contribution >= 0.6 is 58.4 Å². The first kappa shape index (κ1) is 23.3. The summed E-state index contributed by atoms with van der Waals surface area (Å²) in [6.45, 7) is 0. The summed E-state index contributed by atoms with van der Waals surface area (Å²) in [5.41, 5.74) is -21.0. The average molecular weight is 484 g/mol. The van der Waals surface area contributed by atoms with Crippen molar-refractivity contribution in [1.82, 2.24) is 0 Å². The molecule has 0 N–H and O–H groups in total. The van der Waals surface area contributed by atoms with E-state index < -0.39 is 98.6 Å². The lowest BCUT2D eigenvalue weighted by Crippen LogP contribution is -2.04. The molecule has 1 aromatic heterocycles. The van der Waals surface area contributed by atoms with Crippen LogP contribution < -0.4 is 0 Å². The molecule has 17 heteroatoms. The normalized spacial score (nSPS) is 14.2. The SMILES string of the molecule is FC(F)(F)Sc1sc(SC(F)(F)F)c(SC(F)(F)F)c1SC(F)(F)F. The highest BCUT2D eigenvalue weighted by Gasteiger charge is 2.43.